The van der Waals surface area contributed by atoms with Crippen LogP contribution >= 0.6 is 0 Å². The third kappa shape index (κ3) is 2.05. The number of carboxylic acids is 1. The summed E-state index contributed by atoms with van der Waals surface area (Å²) in [5.74, 6) is -2.74. The van der Waals surface area contributed by atoms with Crippen LogP contribution in [0.1, 0.15) is 29.1 Å². The lowest BCUT2D eigenvalue weighted by Crippen LogP contribution is -2.15. The van der Waals surface area contributed by atoms with E-state index in [0.29, 0.717) is 5.39 Å². The number of esters is 1. The molecule has 0 bridgehead atoms. The normalized spacial score (nSPS) is 10.4. The summed E-state index contributed by atoms with van der Waals surface area (Å²) in [4.78, 5) is 38.0. The van der Waals surface area contributed by atoms with Crippen LogP contribution in [0, 0.1) is 0 Å². The minimum absolute atomic E-state index is 0.142. The SMILES string of the molecule is CC(=O)Oc1c(C(=O)O)n(C(C)=O)c2ncccc12. The van der Waals surface area contributed by atoms with Crippen molar-refractivity contribution in [3.05, 3.63) is 24.0 Å². The molecule has 2 heterocycles. The number of carboxylic acid groups (broad SMARTS) is 1. The van der Waals surface area contributed by atoms with Crippen LogP contribution in [0.3, 0.4) is 0 Å². The number of hydrogen-bond acceptors (Lipinski definition) is 5. The predicted octanol–water partition coefficient (Wildman–Crippen LogP) is 1.32. The largest absolute Gasteiger partial charge is 0.476 e. The zero-order chi connectivity index (χ0) is 14.2. The predicted molar refractivity (Wildman–Crippen MR) is 64.3 cm³/mol. The Hall–Kier alpha value is -2.70. The quantitative estimate of drug-likeness (QED) is 0.819. The third-order valence-electron chi connectivity index (χ3n) is 2.45. The first-order chi connectivity index (χ1) is 8.93. The van der Waals surface area contributed by atoms with Gasteiger partial charge >= 0.3 is 11.9 Å². The van der Waals surface area contributed by atoms with E-state index in [0.717, 1.165) is 11.5 Å². The Bertz CT molecular complexity index is 701. The molecule has 0 aliphatic rings. The van der Waals surface area contributed by atoms with E-state index in [1.807, 2.05) is 0 Å². The summed E-state index contributed by atoms with van der Waals surface area (Å²) >= 11 is 0. The summed E-state index contributed by atoms with van der Waals surface area (Å²) in [5.41, 5.74) is -0.264. The Labute approximate surface area is 107 Å². The average molecular weight is 262 g/mol. The maximum absolute atomic E-state index is 11.6. The third-order valence-corrected chi connectivity index (χ3v) is 2.45. The lowest BCUT2D eigenvalue weighted by Gasteiger charge is -2.03. The zero-order valence-electron chi connectivity index (χ0n) is 10.2. The summed E-state index contributed by atoms with van der Waals surface area (Å²) in [5, 5.41) is 9.51. The van der Waals surface area contributed by atoms with Gasteiger partial charge in [0.05, 0.1) is 5.39 Å². The van der Waals surface area contributed by atoms with Crippen LogP contribution in [0.5, 0.6) is 5.75 Å². The molecular weight excluding hydrogens is 252 g/mol. The van der Waals surface area contributed by atoms with Crippen molar-refractivity contribution in [1.82, 2.24) is 9.55 Å². The van der Waals surface area contributed by atoms with Crippen molar-refractivity contribution in [2.24, 2.45) is 0 Å². The van der Waals surface area contributed by atoms with Crippen molar-refractivity contribution in [3.63, 3.8) is 0 Å². The van der Waals surface area contributed by atoms with Crippen molar-refractivity contribution in [2.45, 2.75) is 13.8 Å². The Balaban J connectivity index is 2.91. The number of nitrogens with zero attached hydrogens (tertiary/aromatic N) is 2. The maximum atomic E-state index is 11.6. The van der Waals surface area contributed by atoms with E-state index in [1.165, 1.54) is 19.2 Å². The van der Waals surface area contributed by atoms with Gasteiger partial charge in [-0.3, -0.25) is 14.2 Å². The Morgan fingerprint density at radius 1 is 1.32 bits per heavy atom. The van der Waals surface area contributed by atoms with Crippen LogP contribution in [0.15, 0.2) is 18.3 Å². The van der Waals surface area contributed by atoms with E-state index < -0.39 is 23.5 Å². The molecule has 2 aromatic heterocycles. The Kier molecular flexibility index (Phi) is 3.04. The van der Waals surface area contributed by atoms with Crippen molar-refractivity contribution in [2.75, 3.05) is 0 Å². The fourth-order valence-electron chi connectivity index (χ4n) is 1.83. The summed E-state index contributed by atoms with van der Waals surface area (Å²) in [7, 11) is 0. The summed E-state index contributed by atoms with van der Waals surface area (Å²) in [6.45, 7) is 2.36. The van der Waals surface area contributed by atoms with Gasteiger partial charge in [0.1, 0.15) is 0 Å². The number of carbonyl (C=O) groups excluding carboxylic acids is 2. The van der Waals surface area contributed by atoms with E-state index >= 15 is 0 Å². The molecule has 0 saturated carbocycles. The van der Waals surface area contributed by atoms with Gasteiger partial charge in [0, 0.05) is 20.0 Å². The Morgan fingerprint density at radius 3 is 2.53 bits per heavy atom. The van der Waals surface area contributed by atoms with Crippen LogP contribution in [-0.4, -0.2) is 32.5 Å². The number of ether oxygens (including phenoxy) is 1. The highest BCUT2D eigenvalue weighted by molar-refractivity contribution is 6.06. The minimum atomic E-state index is -1.37. The second kappa shape index (κ2) is 4.52. The highest BCUT2D eigenvalue weighted by atomic mass is 16.5. The van der Waals surface area contributed by atoms with Gasteiger partial charge in [0.25, 0.3) is 0 Å². The summed E-state index contributed by atoms with van der Waals surface area (Å²) in [6, 6.07) is 3.10. The smallest absolute Gasteiger partial charge is 0.356 e. The molecule has 19 heavy (non-hydrogen) atoms. The molecule has 7 heteroatoms. The molecule has 98 valence electrons. The molecule has 0 atom stereocenters. The lowest BCUT2D eigenvalue weighted by molar-refractivity contribution is -0.131. The molecule has 0 aliphatic heterocycles. The molecule has 2 aromatic rings. The van der Waals surface area contributed by atoms with E-state index in [-0.39, 0.29) is 11.4 Å². The van der Waals surface area contributed by atoms with Crippen LogP contribution in [0.2, 0.25) is 0 Å². The van der Waals surface area contributed by atoms with Crippen LogP contribution < -0.4 is 4.74 Å². The fraction of sp³-hybridized carbons (Fsp3) is 0.167. The maximum Gasteiger partial charge on any atom is 0.356 e. The number of rotatable bonds is 2. The van der Waals surface area contributed by atoms with Gasteiger partial charge in [-0.25, -0.2) is 9.78 Å². The molecule has 0 aromatic carbocycles. The summed E-state index contributed by atoms with van der Waals surface area (Å²) < 4.78 is 5.83. The molecule has 0 radical (unpaired) electrons. The number of fused-ring (bicyclic) bond motifs is 1. The average Bonchev–Trinajstić information content (AvgIpc) is 2.63. The molecule has 0 unspecified atom stereocenters. The molecule has 1 N–H and O–H groups in total. The topological polar surface area (TPSA) is 98.5 Å². The minimum Gasteiger partial charge on any atom is -0.476 e. The lowest BCUT2D eigenvalue weighted by atomic mass is 10.3. The molecule has 0 spiro atoms. The van der Waals surface area contributed by atoms with Gasteiger partial charge in [0.2, 0.25) is 5.91 Å². The number of pyridine rings is 1. The van der Waals surface area contributed by atoms with Gasteiger partial charge in [0.15, 0.2) is 17.1 Å². The van der Waals surface area contributed by atoms with Crippen molar-refractivity contribution >= 4 is 28.9 Å². The highest BCUT2D eigenvalue weighted by Gasteiger charge is 2.27. The monoisotopic (exact) mass is 262 g/mol. The molecule has 0 amide bonds. The van der Waals surface area contributed by atoms with Crippen LogP contribution in [0.25, 0.3) is 11.0 Å². The van der Waals surface area contributed by atoms with Gasteiger partial charge in [-0.2, -0.15) is 0 Å². The molecule has 0 aliphatic carbocycles. The first-order valence-corrected chi connectivity index (χ1v) is 5.35. The standard InChI is InChI=1S/C12H10N2O5/c1-6(15)14-9(12(17)18)10(19-7(2)16)8-4-3-5-13-11(8)14/h3-5H,1-2H3,(H,17,18). The van der Waals surface area contributed by atoms with Crippen molar-refractivity contribution in [3.8, 4) is 5.75 Å². The van der Waals surface area contributed by atoms with Crippen molar-refractivity contribution in [1.29, 1.82) is 0 Å². The van der Waals surface area contributed by atoms with Gasteiger partial charge < -0.3 is 9.84 Å². The van der Waals surface area contributed by atoms with Gasteiger partial charge in [-0.1, -0.05) is 0 Å². The number of carbonyl (C=O) groups is 3. The van der Waals surface area contributed by atoms with Gasteiger partial charge in [-0.05, 0) is 12.1 Å². The molecule has 2 rings (SSSR count). The van der Waals surface area contributed by atoms with E-state index in [1.54, 1.807) is 6.07 Å². The molecular formula is C12H10N2O5. The van der Waals surface area contributed by atoms with Gasteiger partial charge in [-0.15, -0.1) is 0 Å². The van der Waals surface area contributed by atoms with Crippen LogP contribution in [0.4, 0.5) is 0 Å². The first-order valence-electron chi connectivity index (χ1n) is 5.35. The summed E-state index contributed by atoms with van der Waals surface area (Å²) in [6.07, 6.45) is 1.42. The van der Waals surface area contributed by atoms with Crippen LogP contribution in [-0.2, 0) is 4.79 Å². The molecule has 0 fully saturated rings. The zero-order valence-corrected chi connectivity index (χ0v) is 10.2. The number of aromatic carboxylic acids is 1. The number of aromatic nitrogens is 2. The van der Waals surface area contributed by atoms with E-state index in [4.69, 9.17) is 4.74 Å². The highest BCUT2D eigenvalue weighted by Crippen LogP contribution is 2.32. The first kappa shape index (κ1) is 12.7. The second-order valence-electron chi connectivity index (χ2n) is 3.81. The molecule has 0 saturated heterocycles. The van der Waals surface area contributed by atoms with E-state index in [2.05, 4.69) is 4.98 Å². The molecule has 7 nitrogen and oxygen atoms in total. The van der Waals surface area contributed by atoms with Crippen molar-refractivity contribution < 1.29 is 24.2 Å². The number of hydrogen-bond donors (Lipinski definition) is 1. The van der Waals surface area contributed by atoms with E-state index in [9.17, 15) is 19.5 Å². The fourth-order valence-corrected chi connectivity index (χ4v) is 1.83. The second-order valence-corrected chi connectivity index (χ2v) is 3.81. The Morgan fingerprint density at radius 2 is 2.00 bits per heavy atom.